The molecule has 18 heavy (non-hydrogen) atoms. The number of nitrogens with zero attached hydrogens (tertiary/aromatic N) is 3. The van der Waals surface area contributed by atoms with Crippen molar-refractivity contribution in [3.8, 4) is 6.07 Å². The van der Waals surface area contributed by atoms with Gasteiger partial charge in [0.2, 0.25) is 0 Å². The minimum absolute atomic E-state index is 0.217. The number of nitrogens with one attached hydrogen (secondary N) is 1. The van der Waals surface area contributed by atoms with Crippen LogP contribution in [0.4, 0.5) is 0 Å². The van der Waals surface area contributed by atoms with Crippen LogP contribution in [0, 0.1) is 17.2 Å². The number of carbonyl (C=O) groups excluding carboxylic acids is 1. The highest BCUT2D eigenvalue weighted by Crippen LogP contribution is 2.31. The van der Waals surface area contributed by atoms with Gasteiger partial charge in [-0.15, -0.1) is 0 Å². The Bertz CT molecular complexity index is 477. The van der Waals surface area contributed by atoms with E-state index in [1.807, 2.05) is 0 Å². The Labute approximate surface area is 107 Å². The van der Waals surface area contributed by atoms with Gasteiger partial charge in [-0.2, -0.15) is 5.26 Å². The Kier molecular flexibility index (Phi) is 3.37. The van der Waals surface area contributed by atoms with Crippen LogP contribution < -0.4 is 5.32 Å². The maximum absolute atomic E-state index is 12.1. The van der Waals surface area contributed by atoms with Gasteiger partial charge in [-0.3, -0.25) is 4.79 Å². The minimum atomic E-state index is -0.701. The number of hydrogen-bond acceptors (Lipinski definition) is 3. The molecule has 0 spiro atoms. The van der Waals surface area contributed by atoms with Crippen molar-refractivity contribution in [2.75, 3.05) is 0 Å². The average molecular weight is 246 g/mol. The standard InChI is InChI=1S/C13H18N4O/c1-10-3-5-13(8-14,6-4-10)16-12(18)11-7-15-9-17(11)2/h7,9-10H,3-6H2,1-2H3,(H,16,18). The van der Waals surface area contributed by atoms with Gasteiger partial charge in [0, 0.05) is 7.05 Å². The molecule has 1 N–H and O–H groups in total. The highest BCUT2D eigenvalue weighted by molar-refractivity contribution is 5.93. The quantitative estimate of drug-likeness (QED) is 0.862. The molecule has 1 saturated carbocycles. The third-order valence-corrected chi connectivity index (χ3v) is 3.74. The lowest BCUT2D eigenvalue weighted by Gasteiger charge is -2.34. The number of imidazole rings is 1. The van der Waals surface area contributed by atoms with Gasteiger partial charge < -0.3 is 9.88 Å². The van der Waals surface area contributed by atoms with Crippen LogP contribution in [0.15, 0.2) is 12.5 Å². The fourth-order valence-electron chi connectivity index (χ4n) is 2.38. The molecule has 1 fully saturated rings. The van der Waals surface area contributed by atoms with E-state index in [1.54, 1.807) is 17.9 Å². The molecule has 0 unspecified atom stereocenters. The summed E-state index contributed by atoms with van der Waals surface area (Å²) in [5.41, 5.74) is -0.211. The summed E-state index contributed by atoms with van der Waals surface area (Å²) in [5.74, 6) is 0.422. The number of carbonyl (C=O) groups is 1. The van der Waals surface area contributed by atoms with E-state index in [-0.39, 0.29) is 5.91 Å². The lowest BCUT2D eigenvalue weighted by molar-refractivity contribution is 0.0885. The lowest BCUT2D eigenvalue weighted by atomic mass is 9.78. The van der Waals surface area contributed by atoms with Crippen molar-refractivity contribution in [1.29, 1.82) is 5.26 Å². The second-order valence-corrected chi connectivity index (χ2v) is 5.22. The van der Waals surface area contributed by atoms with Crippen molar-refractivity contribution in [2.24, 2.45) is 13.0 Å². The van der Waals surface area contributed by atoms with Crippen molar-refractivity contribution in [3.63, 3.8) is 0 Å². The fourth-order valence-corrected chi connectivity index (χ4v) is 2.38. The molecule has 1 aliphatic rings. The number of aromatic nitrogens is 2. The highest BCUT2D eigenvalue weighted by Gasteiger charge is 2.36. The van der Waals surface area contributed by atoms with Crippen LogP contribution in [-0.2, 0) is 7.05 Å². The molecular formula is C13H18N4O. The van der Waals surface area contributed by atoms with Crippen molar-refractivity contribution in [3.05, 3.63) is 18.2 Å². The summed E-state index contributed by atoms with van der Waals surface area (Å²) < 4.78 is 1.66. The molecule has 0 atom stereocenters. The van der Waals surface area contributed by atoms with Gasteiger partial charge in [0.1, 0.15) is 11.2 Å². The summed E-state index contributed by atoms with van der Waals surface area (Å²) in [6, 6.07) is 2.29. The molecule has 0 aliphatic heterocycles. The fraction of sp³-hybridized carbons (Fsp3) is 0.615. The van der Waals surface area contributed by atoms with Crippen molar-refractivity contribution in [2.45, 2.75) is 38.1 Å². The largest absolute Gasteiger partial charge is 0.332 e. The van der Waals surface area contributed by atoms with E-state index in [4.69, 9.17) is 0 Å². The molecule has 0 bridgehead atoms. The first-order chi connectivity index (χ1) is 8.56. The van der Waals surface area contributed by atoms with Gasteiger partial charge in [0.15, 0.2) is 0 Å². The zero-order valence-corrected chi connectivity index (χ0v) is 10.8. The zero-order valence-electron chi connectivity index (χ0n) is 10.8. The molecule has 1 aromatic rings. The smallest absolute Gasteiger partial charge is 0.270 e. The zero-order chi connectivity index (χ0) is 13.2. The van der Waals surface area contributed by atoms with E-state index in [0.29, 0.717) is 11.6 Å². The van der Waals surface area contributed by atoms with Crippen LogP contribution in [0.3, 0.4) is 0 Å². The molecule has 0 radical (unpaired) electrons. The van der Waals surface area contributed by atoms with Gasteiger partial charge in [-0.05, 0) is 31.6 Å². The summed E-state index contributed by atoms with van der Waals surface area (Å²) in [4.78, 5) is 16.0. The number of rotatable bonds is 2. The van der Waals surface area contributed by atoms with E-state index in [1.165, 1.54) is 6.20 Å². The Balaban J connectivity index is 2.10. The minimum Gasteiger partial charge on any atom is -0.332 e. The summed E-state index contributed by atoms with van der Waals surface area (Å²) >= 11 is 0. The monoisotopic (exact) mass is 246 g/mol. The molecule has 5 heteroatoms. The molecular weight excluding hydrogens is 228 g/mol. The first-order valence-electron chi connectivity index (χ1n) is 6.26. The van der Waals surface area contributed by atoms with Gasteiger partial charge in [0.05, 0.1) is 18.6 Å². The normalized spacial score (nSPS) is 27.5. The number of hydrogen-bond donors (Lipinski definition) is 1. The highest BCUT2D eigenvalue weighted by atomic mass is 16.2. The number of amides is 1. The SMILES string of the molecule is CC1CCC(C#N)(NC(=O)c2cncn2C)CC1. The molecule has 1 aromatic heterocycles. The second-order valence-electron chi connectivity index (χ2n) is 5.22. The topological polar surface area (TPSA) is 70.7 Å². The molecule has 1 amide bonds. The molecule has 1 aliphatic carbocycles. The maximum Gasteiger partial charge on any atom is 0.270 e. The van der Waals surface area contributed by atoms with Gasteiger partial charge in [-0.1, -0.05) is 6.92 Å². The molecule has 0 aromatic carbocycles. The summed E-state index contributed by atoms with van der Waals surface area (Å²) in [5, 5.41) is 12.2. The average Bonchev–Trinajstić information content (AvgIpc) is 2.79. The first kappa shape index (κ1) is 12.6. The lowest BCUT2D eigenvalue weighted by Crippen LogP contribution is -2.49. The summed E-state index contributed by atoms with van der Waals surface area (Å²) in [6.07, 6.45) is 6.53. The van der Waals surface area contributed by atoms with Crippen LogP contribution in [-0.4, -0.2) is 21.0 Å². The van der Waals surface area contributed by atoms with Crippen LogP contribution in [0.1, 0.15) is 43.1 Å². The van der Waals surface area contributed by atoms with E-state index >= 15 is 0 Å². The van der Waals surface area contributed by atoms with Crippen molar-refractivity contribution in [1.82, 2.24) is 14.9 Å². The number of aryl methyl sites for hydroxylation is 1. The van der Waals surface area contributed by atoms with Gasteiger partial charge in [0.25, 0.3) is 5.91 Å². The molecule has 5 nitrogen and oxygen atoms in total. The number of nitriles is 1. The van der Waals surface area contributed by atoms with Crippen molar-refractivity contribution < 1.29 is 4.79 Å². The van der Waals surface area contributed by atoms with Crippen LogP contribution >= 0.6 is 0 Å². The maximum atomic E-state index is 12.1. The summed E-state index contributed by atoms with van der Waals surface area (Å²) in [6.45, 7) is 2.18. The Hall–Kier alpha value is -1.83. The van der Waals surface area contributed by atoms with Crippen LogP contribution in [0.5, 0.6) is 0 Å². The van der Waals surface area contributed by atoms with E-state index in [0.717, 1.165) is 25.7 Å². The Morgan fingerprint density at radius 2 is 2.28 bits per heavy atom. The molecule has 96 valence electrons. The third-order valence-electron chi connectivity index (χ3n) is 3.74. The van der Waals surface area contributed by atoms with Gasteiger partial charge in [-0.25, -0.2) is 4.98 Å². The predicted molar refractivity (Wildman–Crippen MR) is 66.7 cm³/mol. The molecule has 0 saturated heterocycles. The van der Waals surface area contributed by atoms with Gasteiger partial charge >= 0.3 is 0 Å². The first-order valence-corrected chi connectivity index (χ1v) is 6.26. The molecule has 1 heterocycles. The van der Waals surface area contributed by atoms with Crippen molar-refractivity contribution >= 4 is 5.91 Å². The Morgan fingerprint density at radius 3 is 2.78 bits per heavy atom. The van der Waals surface area contributed by atoms with Crippen LogP contribution in [0.2, 0.25) is 0 Å². The third kappa shape index (κ3) is 2.37. The Morgan fingerprint density at radius 1 is 1.61 bits per heavy atom. The van der Waals surface area contributed by atoms with E-state index in [9.17, 15) is 10.1 Å². The summed E-state index contributed by atoms with van der Waals surface area (Å²) in [7, 11) is 1.77. The predicted octanol–water partition coefficient (Wildman–Crippen LogP) is 1.62. The van der Waals surface area contributed by atoms with E-state index in [2.05, 4.69) is 23.3 Å². The molecule has 2 rings (SSSR count). The second kappa shape index (κ2) is 4.81. The van der Waals surface area contributed by atoms with Crippen LogP contribution in [0.25, 0.3) is 0 Å². The van der Waals surface area contributed by atoms with E-state index < -0.39 is 5.54 Å².